The topological polar surface area (TPSA) is 77.6 Å². The highest BCUT2D eigenvalue weighted by molar-refractivity contribution is 9.10. The van der Waals surface area contributed by atoms with E-state index in [0.29, 0.717) is 39.5 Å². The number of ether oxygens (including phenoxy) is 1. The summed E-state index contributed by atoms with van der Waals surface area (Å²) in [5, 5.41) is 0.498. The van der Waals surface area contributed by atoms with Crippen molar-refractivity contribution in [2.24, 2.45) is 0 Å². The first-order valence-electron chi connectivity index (χ1n) is 11.7. The van der Waals surface area contributed by atoms with Gasteiger partial charge < -0.3 is 14.1 Å². The van der Waals surface area contributed by atoms with Gasteiger partial charge in [-0.05, 0) is 73.7 Å². The van der Waals surface area contributed by atoms with Crippen LogP contribution in [-0.2, 0) is 6.54 Å². The van der Waals surface area contributed by atoms with Crippen LogP contribution in [-0.4, -0.2) is 27.5 Å². The third-order valence-electron chi connectivity index (χ3n) is 6.21. The van der Waals surface area contributed by atoms with E-state index in [1.165, 1.54) is 0 Å². The predicted octanol–water partition coefficient (Wildman–Crippen LogP) is 6.15. The molecule has 1 atom stereocenters. The Morgan fingerprint density at radius 3 is 2.57 bits per heavy atom. The number of hydrogen-bond donors (Lipinski definition) is 0. The molecule has 1 amide bonds. The summed E-state index contributed by atoms with van der Waals surface area (Å²) >= 11 is 3.46. The molecule has 0 aliphatic rings. The molecule has 0 saturated carbocycles. The fraction of sp³-hybridized carbons (Fsp3) is 0.138. The van der Waals surface area contributed by atoms with Crippen molar-refractivity contribution >= 4 is 32.7 Å². The van der Waals surface area contributed by atoms with Gasteiger partial charge in [0.2, 0.25) is 0 Å². The molecule has 0 N–H and O–H groups in total. The highest BCUT2D eigenvalue weighted by Gasteiger charge is 2.29. The Morgan fingerprint density at radius 1 is 1.05 bits per heavy atom. The van der Waals surface area contributed by atoms with Crippen LogP contribution < -0.4 is 10.3 Å². The van der Waals surface area contributed by atoms with Gasteiger partial charge in [0.25, 0.3) is 11.5 Å². The van der Waals surface area contributed by atoms with E-state index in [1.807, 2.05) is 49.4 Å². The number of furan rings is 1. The average molecular weight is 558 g/mol. The molecule has 3 aromatic carbocycles. The Hall–Kier alpha value is -4.17. The monoisotopic (exact) mass is 557 g/mol. The van der Waals surface area contributed by atoms with Crippen molar-refractivity contribution < 1.29 is 13.9 Å². The average Bonchev–Trinajstić information content (AvgIpc) is 3.45. The molecule has 5 rings (SSSR count). The molecule has 1 unspecified atom stereocenters. The Morgan fingerprint density at radius 2 is 1.84 bits per heavy atom. The van der Waals surface area contributed by atoms with Crippen molar-refractivity contribution in [1.82, 2.24) is 14.5 Å². The maximum absolute atomic E-state index is 13.9. The van der Waals surface area contributed by atoms with Crippen LogP contribution >= 0.6 is 15.9 Å². The molecule has 0 aliphatic heterocycles. The van der Waals surface area contributed by atoms with E-state index in [1.54, 1.807) is 65.3 Å². The van der Waals surface area contributed by atoms with Gasteiger partial charge in [0.15, 0.2) is 0 Å². The first-order chi connectivity index (χ1) is 18.0. The lowest BCUT2D eigenvalue weighted by molar-refractivity contribution is 0.0648. The Balaban J connectivity index is 1.69. The minimum atomic E-state index is -0.593. The lowest BCUT2D eigenvalue weighted by Gasteiger charge is -2.30. The number of hydrogen-bond acceptors (Lipinski definition) is 5. The molecule has 37 heavy (non-hydrogen) atoms. The molecule has 7 nitrogen and oxygen atoms in total. The molecule has 0 saturated heterocycles. The van der Waals surface area contributed by atoms with Gasteiger partial charge in [-0.3, -0.25) is 14.2 Å². The molecule has 0 spiro atoms. The minimum Gasteiger partial charge on any atom is -0.497 e. The van der Waals surface area contributed by atoms with Gasteiger partial charge in [0.05, 0.1) is 42.5 Å². The molecule has 2 heterocycles. The summed E-state index contributed by atoms with van der Waals surface area (Å²) in [7, 11) is 1.56. The molecular weight excluding hydrogens is 534 g/mol. The summed E-state index contributed by atoms with van der Waals surface area (Å²) in [6, 6.07) is 24.6. The number of methoxy groups -OCH3 is 1. The quantitative estimate of drug-likeness (QED) is 0.239. The second kappa shape index (κ2) is 10.4. The van der Waals surface area contributed by atoms with Crippen LogP contribution in [0.25, 0.3) is 16.6 Å². The van der Waals surface area contributed by atoms with Gasteiger partial charge in [-0.1, -0.05) is 34.1 Å². The van der Waals surface area contributed by atoms with Gasteiger partial charge >= 0.3 is 0 Å². The molecule has 0 radical (unpaired) electrons. The van der Waals surface area contributed by atoms with E-state index in [4.69, 9.17) is 14.1 Å². The SMILES string of the molecule is COc1cccc(C(=O)N(Cc2ccco2)C(C)c2nc3ccccc3c(=O)n2-c2ccc(Br)cc2)c1. The van der Waals surface area contributed by atoms with Crippen LogP contribution in [0.2, 0.25) is 0 Å². The summed E-state index contributed by atoms with van der Waals surface area (Å²) in [5.74, 6) is 1.38. The standard InChI is InChI=1S/C29H24BrN3O4/c1-19(32(18-24-9-6-16-37-24)28(34)20-7-5-8-23(17-20)36-2)27-31-26-11-4-3-10-25(26)29(35)33(27)22-14-12-21(30)13-15-22/h3-17,19H,18H2,1-2H3. The zero-order chi connectivity index (χ0) is 25.9. The maximum Gasteiger partial charge on any atom is 0.266 e. The smallest absolute Gasteiger partial charge is 0.266 e. The largest absolute Gasteiger partial charge is 0.497 e. The number of carbonyl (C=O) groups excluding carboxylic acids is 1. The van der Waals surface area contributed by atoms with Gasteiger partial charge in [0.1, 0.15) is 17.3 Å². The van der Waals surface area contributed by atoms with Gasteiger partial charge in [-0.15, -0.1) is 0 Å². The van der Waals surface area contributed by atoms with Crippen molar-refractivity contribution in [3.05, 3.63) is 123 Å². The van der Waals surface area contributed by atoms with E-state index in [0.717, 1.165) is 4.47 Å². The van der Waals surface area contributed by atoms with E-state index in [-0.39, 0.29) is 18.0 Å². The van der Waals surface area contributed by atoms with Gasteiger partial charge in [0, 0.05) is 10.0 Å². The number of aromatic nitrogens is 2. The number of halogens is 1. The van der Waals surface area contributed by atoms with Crippen LogP contribution in [0.4, 0.5) is 0 Å². The van der Waals surface area contributed by atoms with Crippen molar-refractivity contribution in [3.8, 4) is 11.4 Å². The number of fused-ring (bicyclic) bond motifs is 1. The molecule has 0 fully saturated rings. The highest BCUT2D eigenvalue weighted by atomic mass is 79.9. The number of benzene rings is 3. The molecule has 0 aliphatic carbocycles. The van der Waals surface area contributed by atoms with Gasteiger partial charge in [-0.25, -0.2) is 4.98 Å². The molecule has 5 aromatic rings. The lowest BCUT2D eigenvalue weighted by Crippen LogP contribution is -2.37. The summed E-state index contributed by atoms with van der Waals surface area (Å²) in [6.07, 6.45) is 1.57. The van der Waals surface area contributed by atoms with Crippen LogP contribution in [0, 0.1) is 0 Å². The summed E-state index contributed by atoms with van der Waals surface area (Å²) < 4.78 is 13.4. The van der Waals surface area contributed by atoms with Crippen molar-refractivity contribution in [3.63, 3.8) is 0 Å². The Labute approximate surface area is 222 Å². The third kappa shape index (κ3) is 4.93. The Kier molecular flexibility index (Phi) is 6.92. The van der Waals surface area contributed by atoms with Crippen molar-refractivity contribution in [1.29, 1.82) is 0 Å². The number of nitrogens with zero attached hydrogens (tertiary/aromatic N) is 3. The first kappa shape index (κ1) is 24.5. The first-order valence-corrected chi connectivity index (χ1v) is 12.5. The zero-order valence-electron chi connectivity index (χ0n) is 20.3. The molecule has 2 aromatic heterocycles. The second-order valence-electron chi connectivity index (χ2n) is 8.52. The zero-order valence-corrected chi connectivity index (χ0v) is 21.9. The molecule has 0 bridgehead atoms. The number of rotatable bonds is 7. The van der Waals surface area contributed by atoms with Crippen molar-refractivity contribution in [2.45, 2.75) is 19.5 Å². The fourth-order valence-electron chi connectivity index (χ4n) is 4.29. The van der Waals surface area contributed by atoms with Gasteiger partial charge in [-0.2, -0.15) is 0 Å². The second-order valence-corrected chi connectivity index (χ2v) is 9.44. The minimum absolute atomic E-state index is 0.188. The summed E-state index contributed by atoms with van der Waals surface area (Å²) in [6.45, 7) is 2.06. The van der Waals surface area contributed by atoms with E-state index >= 15 is 0 Å². The normalized spacial score (nSPS) is 11.9. The van der Waals surface area contributed by atoms with E-state index in [2.05, 4.69) is 15.9 Å². The summed E-state index contributed by atoms with van der Waals surface area (Å²) in [5.41, 5.74) is 1.47. The van der Waals surface area contributed by atoms with Crippen LogP contribution in [0.15, 0.2) is 105 Å². The van der Waals surface area contributed by atoms with Crippen molar-refractivity contribution in [2.75, 3.05) is 7.11 Å². The third-order valence-corrected chi connectivity index (χ3v) is 6.74. The number of carbonyl (C=O) groups is 1. The fourth-order valence-corrected chi connectivity index (χ4v) is 4.55. The molecule has 186 valence electrons. The number of amides is 1. The predicted molar refractivity (Wildman–Crippen MR) is 145 cm³/mol. The lowest BCUT2D eigenvalue weighted by atomic mass is 10.1. The molecule has 8 heteroatoms. The number of para-hydroxylation sites is 1. The van der Waals surface area contributed by atoms with Crippen LogP contribution in [0.3, 0.4) is 0 Å². The summed E-state index contributed by atoms with van der Waals surface area (Å²) in [4.78, 5) is 34.2. The van der Waals surface area contributed by atoms with Crippen LogP contribution in [0.5, 0.6) is 5.75 Å². The van der Waals surface area contributed by atoms with E-state index < -0.39 is 6.04 Å². The van der Waals surface area contributed by atoms with E-state index in [9.17, 15) is 9.59 Å². The maximum atomic E-state index is 13.9. The molecular formula is C29H24BrN3O4. The highest BCUT2D eigenvalue weighted by Crippen LogP contribution is 2.27. The van der Waals surface area contributed by atoms with Crippen LogP contribution in [0.1, 0.15) is 34.9 Å². The Bertz CT molecular complexity index is 1610.